The monoisotopic (exact) mass is 379 g/mol. The molecule has 0 amide bonds. The van der Waals surface area contributed by atoms with Crippen molar-refractivity contribution in [3.8, 4) is 0 Å². The molecule has 0 aromatic rings. The third-order valence-corrected chi connectivity index (χ3v) is 1.97. The van der Waals surface area contributed by atoms with Crippen LogP contribution in [-0.2, 0) is 9.53 Å². The van der Waals surface area contributed by atoms with Crippen molar-refractivity contribution in [2.45, 2.75) is 25.7 Å². The maximum absolute atomic E-state index is 10.9. The predicted octanol–water partition coefficient (Wildman–Crippen LogP) is 1.55. The van der Waals surface area contributed by atoms with E-state index in [1.54, 1.807) is 0 Å². The molecule has 3 heteroatoms. The van der Waals surface area contributed by atoms with Gasteiger partial charge < -0.3 is 11.2 Å². The second-order valence-electron chi connectivity index (χ2n) is 2.66. The van der Waals surface area contributed by atoms with Crippen molar-refractivity contribution in [3.63, 3.8) is 0 Å². The molecule has 0 saturated heterocycles. The summed E-state index contributed by atoms with van der Waals surface area (Å²) < 4.78 is 4.64. The second kappa shape index (κ2) is 6.08. The van der Waals surface area contributed by atoms with Gasteiger partial charge in [-0.15, -0.1) is 0 Å². The quantitative estimate of drug-likeness (QED) is 0.511. The molecule has 0 unspecified atom stereocenters. The summed E-state index contributed by atoms with van der Waals surface area (Å²) >= 11 is 0. The number of rotatable bonds is 1. The Labute approximate surface area is 91.4 Å². The van der Waals surface area contributed by atoms with Gasteiger partial charge in [-0.25, -0.2) is 0 Å². The number of ether oxygens (including phenoxy) is 1. The first-order chi connectivity index (χ1) is 4.84. The van der Waals surface area contributed by atoms with E-state index in [1.807, 2.05) is 0 Å². The van der Waals surface area contributed by atoms with Gasteiger partial charge in [-0.05, 0) is 0 Å². The Bertz CT molecular complexity index is 119. The molecule has 1 rings (SSSR count). The van der Waals surface area contributed by atoms with Gasteiger partial charge in [0.2, 0.25) is 0 Å². The number of carbonyl (C=O) groups is 1. The van der Waals surface area contributed by atoms with Crippen molar-refractivity contribution < 1.29 is 40.6 Å². The summed E-state index contributed by atoms with van der Waals surface area (Å²) in [5.74, 6) is 0.142. The van der Waals surface area contributed by atoms with Crippen LogP contribution in [0.1, 0.15) is 25.7 Å². The topological polar surface area (TPSA) is 26.3 Å². The molecule has 2 nitrogen and oxygen atoms in total. The van der Waals surface area contributed by atoms with Crippen LogP contribution in [0.2, 0.25) is 0 Å². The summed E-state index contributed by atoms with van der Waals surface area (Å²) in [5.41, 5.74) is 0. The second-order valence-corrected chi connectivity index (χ2v) is 2.66. The van der Waals surface area contributed by atoms with E-state index in [0.717, 1.165) is 25.7 Å². The molecular weight excluding hydrogens is 366 g/mol. The van der Waals surface area contributed by atoms with Gasteiger partial charge >= 0.3 is 5.97 Å². The van der Waals surface area contributed by atoms with Gasteiger partial charge in [-0.2, -0.15) is 12.8 Å². The molecule has 0 atom stereocenters. The fraction of sp³-hybridized carbons (Fsp3) is 0.750. The van der Waals surface area contributed by atoms with E-state index in [0.29, 0.717) is 0 Å². The summed E-state index contributed by atoms with van der Waals surface area (Å²) in [6, 6.07) is 0. The maximum Gasteiger partial charge on any atom is 0.308 e. The SMILES string of the molecule is COC(=O)C1CC[CH-]CC1.[U]. The van der Waals surface area contributed by atoms with Gasteiger partial charge in [0, 0.05) is 31.1 Å². The van der Waals surface area contributed by atoms with Gasteiger partial charge in [-0.1, -0.05) is 12.8 Å². The minimum Gasteiger partial charge on any atom is -0.469 e. The van der Waals surface area contributed by atoms with Crippen molar-refractivity contribution in [1.29, 1.82) is 0 Å². The third-order valence-electron chi connectivity index (χ3n) is 1.97. The van der Waals surface area contributed by atoms with Gasteiger partial charge in [0.15, 0.2) is 0 Å². The molecule has 0 aromatic carbocycles. The van der Waals surface area contributed by atoms with Gasteiger partial charge in [-0.3, -0.25) is 4.79 Å². The number of hydrogen-bond donors (Lipinski definition) is 0. The Morgan fingerprint density at radius 2 is 2.00 bits per heavy atom. The van der Waals surface area contributed by atoms with E-state index in [2.05, 4.69) is 11.2 Å². The maximum atomic E-state index is 10.9. The van der Waals surface area contributed by atoms with Crippen LogP contribution in [0, 0.1) is 43.5 Å². The Morgan fingerprint density at radius 1 is 1.45 bits per heavy atom. The minimum atomic E-state index is -0.0342. The first kappa shape index (κ1) is 11.5. The summed E-state index contributed by atoms with van der Waals surface area (Å²) in [7, 11) is 1.46. The molecule has 0 radical (unpaired) electrons. The van der Waals surface area contributed by atoms with Gasteiger partial charge in [0.05, 0.1) is 13.0 Å². The van der Waals surface area contributed by atoms with Crippen LogP contribution in [0.5, 0.6) is 0 Å². The summed E-state index contributed by atoms with van der Waals surface area (Å²) in [5, 5.41) is 0. The van der Waals surface area contributed by atoms with Crippen LogP contribution in [0.25, 0.3) is 0 Å². The predicted molar refractivity (Wildman–Crippen MR) is 38.3 cm³/mol. The normalized spacial score (nSPS) is 18.6. The molecule has 62 valence electrons. The molecule has 0 N–H and O–H groups in total. The molecule has 11 heavy (non-hydrogen) atoms. The molecule has 1 aliphatic carbocycles. The van der Waals surface area contributed by atoms with Crippen LogP contribution >= 0.6 is 0 Å². The zero-order valence-electron chi connectivity index (χ0n) is 6.80. The van der Waals surface area contributed by atoms with Crippen LogP contribution < -0.4 is 0 Å². The molecule has 1 saturated carbocycles. The molecular formula is C8H13O2U-. The van der Waals surface area contributed by atoms with Crippen molar-refractivity contribution in [1.82, 2.24) is 0 Å². The fourth-order valence-corrected chi connectivity index (χ4v) is 1.33. The summed E-state index contributed by atoms with van der Waals surface area (Å²) in [6.07, 6.45) is 6.33. The van der Waals surface area contributed by atoms with Crippen molar-refractivity contribution in [2.75, 3.05) is 7.11 Å². The van der Waals surface area contributed by atoms with E-state index in [1.165, 1.54) is 7.11 Å². The standard InChI is InChI=1S/C8H13O2.U/c1-10-8(9)7-5-3-2-4-6-7;/h2,7H,3-6H2,1H3;/q-1;. The molecule has 0 bridgehead atoms. The first-order valence-electron chi connectivity index (χ1n) is 3.74. The van der Waals surface area contributed by atoms with E-state index in [-0.39, 0.29) is 43.0 Å². The van der Waals surface area contributed by atoms with Crippen molar-refractivity contribution >= 4 is 5.97 Å². The smallest absolute Gasteiger partial charge is 0.308 e. The van der Waals surface area contributed by atoms with E-state index in [4.69, 9.17) is 0 Å². The number of hydrogen-bond acceptors (Lipinski definition) is 2. The largest absolute Gasteiger partial charge is 0.469 e. The minimum absolute atomic E-state index is 0. The average molecular weight is 379 g/mol. The van der Waals surface area contributed by atoms with Crippen molar-refractivity contribution in [3.05, 3.63) is 6.42 Å². The van der Waals surface area contributed by atoms with Crippen molar-refractivity contribution in [2.24, 2.45) is 5.92 Å². The molecule has 1 aliphatic rings. The van der Waals surface area contributed by atoms with Crippen LogP contribution in [-0.4, -0.2) is 13.1 Å². The van der Waals surface area contributed by atoms with Crippen LogP contribution in [0.15, 0.2) is 0 Å². The first-order valence-corrected chi connectivity index (χ1v) is 3.74. The average Bonchev–Trinajstić information content (AvgIpc) is 2.05. The van der Waals surface area contributed by atoms with Crippen LogP contribution in [0.3, 0.4) is 0 Å². The molecule has 0 heterocycles. The molecule has 0 aliphatic heterocycles. The zero-order valence-corrected chi connectivity index (χ0v) is 11.0. The van der Waals surface area contributed by atoms with Gasteiger partial charge in [0.25, 0.3) is 0 Å². The Balaban J connectivity index is 0.000001000. The number of carbonyl (C=O) groups excluding carboxylic acids is 1. The van der Waals surface area contributed by atoms with E-state index in [9.17, 15) is 4.79 Å². The van der Waals surface area contributed by atoms with E-state index >= 15 is 0 Å². The molecule has 0 aromatic heterocycles. The summed E-state index contributed by atoms with van der Waals surface area (Å²) in [6.45, 7) is 0. The summed E-state index contributed by atoms with van der Waals surface area (Å²) in [4.78, 5) is 10.9. The van der Waals surface area contributed by atoms with Crippen LogP contribution in [0.4, 0.5) is 0 Å². The number of methoxy groups -OCH3 is 1. The Hall–Kier alpha value is 0.522. The van der Waals surface area contributed by atoms with Gasteiger partial charge in [0.1, 0.15) is 0 Å². The molecule has 0 spiro atoms. The van der Waals surface area contributed by atoms with E-state index < -0.39 is 0 Å². The third kappa shape index (κ3) is 3.62. The Kier molecular flexibility index (Phi) is 6.37. The molecule has 1 fully saturated rings. The Morgan fingerprint density at radius 3 is 2.45 bits per heavy atom. The number of esters is 1. The zero-order chi connectivity index (χ0) is 7.40. The fourth-order valence-electron chi connectivity index (χ4n) is 1.33.